The number of carbonyl (C=O) groups is 3. The van der Waals surface area contributed by atoms with Crippen LogP contribution >= 0.6 is 0 Å². The van der Waals surface area contributed by atoms with E-state index in [1.807, 2.05) is 6.92 Å². The summed E-state index contributed by atoms with van der Waals surface area (Å²) in [5.41, 5.74) is -1.05. The number of aliphatic hydroxyl groups excluding tert-OH is 1. The lowest BCUT2D eigenvalue weighted by atomic mass is 9.70. The highest BCUT2D eigenvalue weighted by Crippen LogP contribution is 2.59. The molecule has 0 aromatic heterocycles. The molecule has 2 unspecified atom stereocenters. The molecular formula is C23H36N2O6. The van der Waals surface area contributed by atoms with Crippen molar-refractivity contribution in [3.63, 3.8) is 0 Å². The molecule has 0 radical (unpaired) electrons. The van der Waals surface area contributed by atoms with E-state index >= 15 is 0 Å². The minimum absolute atomic E-state index is 0.193. The van der Waals surface area contributed by atoms with E-state index in [1.165, 1.54) is 4.90 Å². The number of aliphatic hydroxyl groups is 1. The lowest BCUT2D eigenvalue weighted by Gasteiger charge is -2.39. The minimum atomic E-state index is -1.05. The fourth-order valence-corrected chi connectivity index (χ4v) is 5.65. The Bertz CT molecular complexity index is 708. The van der Waals surface area contributed by atoms with Crippen molar-refractivity contribution in [3.05, 3.63) is 12.7 Å². The van der Waals surface area contributed by atoms with Gasteiger partial charge < -0.3 is 24.4 Å². The zero-order valence-corrected chi connectivity index (χ0v) is 18.9. The van der Waals surface area contributed by atoms with Gasteiger partial charge in [0, 0.05) is 13.1 Å². The zero-order chi connectivity index (χ0) is 22.8. The zero-order valence-electron chi connectivity index (χ0n) is 18.9. The Hall–Kier alpha value is -1.93. The molecule has 174 valence electrons. The Morgan fingerprint density at radius 3 is 2.74 bits per heavy atom. The molecule has 3 fully saturated rings. The van der Waals surface area contributed by atoms with Crippen molar-refractivity contribution in [2.45, 2.75) is 76.7 Å². The molecule has 3 aliphatic heterocycles. The predicted octanol–water partition coefficient (Wildman–Crippen LogP) is 1.51. The Labute approximate surface area is 184 Å². The molecule has 3 saturated heterocycles. The smallest absolute Gasteiger partial charge is 0.312 e. The fourth-order valence-electron chi connectivity index (χ4n) is 5.65. The number of carbonyl (C=O) groups excluding carboxylic acids is 3. The SMILES string of the molecule is C=CCN(CCCC)C(=O)C1N([C@@H](CC)CO)C(=O)[C@@H]2[C@@H](C(=O)OCC)[C@H]3CCC12O3. The van der Waals surface area contributed by atoms with Crippen molar-refractivity contribution in [1.82, 2.24) is 9.80 Å². The molecule has 3 aliphatic rings. The molecule has 0 aromatic carbocycles. The molecule has 3 heterocycles. The summed E-state index contributed by atoms with van der Waals surface area (Å²) in [6, 6.07) is -1.37. The first-order valence-electron chi connectivity index (χ1n) is 11.6. The van der Waals surface area contributed by atoms with E-state index in [0.717, 1.165) is 12.8 Å². The van der Waals surface area contributed by atoms with E-state index in [9.17, 15) is 19.5 Å². The number of nitrogens with zero attached hydrogens (tertiary/aromatic N) is 2. The monoisotopic (exact) mass is 436 g/mol. The van der Waals surface area contributed by atoms with Gasteiger partial charge in [-0.3, -0.25) is 14.4 Å². The molecule has 0 aromatic rings. The number of unbranched alkanes of at least 4 members (excludes halogenated alkanes) is 1. The van der Waals surface area contributed by atoms with E-state index in [0.29, 0.717) is 32.4 Å². The van der Waals surface area contributed by atoms with Crippen molar-refractivity contribution in [2.24, 2.45) is 11.8 Å². The Balaban J connectivity index is 2.04. The third-order valence-electron chi connectivity index (χ3n) is 7.05. The van der Waals surface area contributed by atoms with Gasteiger partial charge in [-0.25, -0.2) is 0 Å². The highest BCUT2D eigenvalue weighted by Gasteiger charge is 2.75. The second-order valence-corrected chi connectivity index (χ2v) is 8.72. The van der Waals surface area contributed by atoms with Crippen LogP contribution in [-0.4, -0.2) is 82.8 Å². The number of hydrogen-bond donors (Lipinski definition) is 1. The lowest BCUT2D eigenvalue weighted by Crippen LogP contribution is -2.58. The average Bonchev–Trinajstić information content (AvgIpc) is 3.40. The van der Waals surface area contributed by atoms with Crippen LogP contribution < -0.4 is 0 Å². The van der Waals surface area contributed by atoms with E-state index in [4.69, 9.17) is 9.47 Å². The highest BCUT2D eigenvalue weighted by atomic mass is 16.6. The summed E-state index contributed by atoms with van der Waals surface area (Å²) in [6.45, 7) is 10.3. The molecule has 6 atom stereocenters. The maximum Gasteiger partial charge on any atom is 0.312 e. The van der Waals surface area contributed by atoms with Gasteiger partial charge in [-0.1, -0.05) is 26.3 Å². The van der Waals surface area contributed by atoms with Gasteiger partial charge in [-0.2, -0.15) is 0 Å². The van der Waals surface area contributed by atoms with E-state index in [1.54, 1.807) is 17.9 Å². The van der Waals surface area contributed by atoms with Crippen molar-refractivity contribution >= 4 is 17.8 Å². The van der Waals surface area contributed by atoms with Crippen LogP contribution in [0.5, 0.6) is 0 Å². The van der Waals surface area contributed by atoms with Gasteiger partial charge in [0.15, 0.2) is 0 Å². The minimum Gasteiger partial charge on any atom is -0.466 e. The second kappa shape index (κ2) is 9.69. The molecule has 1 N–H and O–H groups in total. The molecular weight excluding hydrogens is 400 g/mol. The topological polar surface area (TPSA) is 96.4 Å². The molecule has 2 bridgehead atoms. The van der Waals surface area contributed by atoms with Crippen LogP contribution in [-0.2, 0) is 23.9 Å². The van der Waals surface area contributed by atoms with Gasteiger partial charge in [-0.05, 0) is 32.6 Å². The number of hydrogen-bond acceptors (Lipinski definition) is 6. The van der Waals surface area contributed by atoms with E-state index in [2.05, 4.69) is 13.5 Å². The van der Waals surface area contributed by atoms with Gasteiger partial charge in [0.25, 0.3) is 0 Å². The first kappa shape index (κ1) is 23.7. The molecule has 1 spiro atoms. The quantitative estimate of drug-likeness (QED) is 0.390. The van der Waals surface area contributed by atoms with Gasteiger partial charge in [0.1, 0.15) is 11.6 Å². The molecule has 2 amide bonds. The standard InChI is InChI=1S/C23H36N2O6/c1-5-9-13-24(12-6-2)21(28)19-23-11-10-16(31-23)17(22(29)30-8-4)18(23)20(27)25(19)15(7-3)14-26/h6,15-19,26H,2,5,7-14H2,1,3-4H3/t15-,16+,17-,18-,19?,23?/m0/s1. The fraction of sp³-hybridized carbons (Fsp3) is 0.783. The van der Waals surface area contributed by atoms with Crippen molar-refractivity contribution < 1.29 is 29.0 Å². The summed E-state index contributed by atoms with van der Waals surface area (Å²) in [5, 5.41) is 10.0. The number of rotatable bonds is 11. The van der Waals surface area contributed by atoms with Crippen LogP contribution in [0.1, 0.15) is 52.9 Å². The average molecular weight is 437 g/mol. The van der Waals surface area contributed by atoms with Crippen molar-refractivity contribution in [2.75, 3.05) is 26.3 Å². The maximum absolute atomic E-state index is 13.9. The molecule has 8 nitrogen and oxygen atoms in total. The van der Waals surface area contributed by atoms with Crippen LogP contribution in [0, 0.1) is 11.8 Å². The first-order chi connectivity index (χ1) is 14.9. The summed E-state index contributed by atoms with van der Waals surface area (Å²) in [7, 11) is 0. The molecule has 0 saturated carbocycles. The number of ether oxygens (including phenoxy) is 2. The van der Waals surface area contributed by atoms with Gasteiger partial charge >= 0.3 is 5.97 Å². The third-order valence-corrected chi connectivity index (χ3v) is 7.05. The Morgan fingerprint density at radius 1 is 1.42 bits per heavy atom. The van der Waals surface area contributed by atoms with Gasteiger partial charge in [0.2, 0.25) is 11.8 Å². The molecule has 3 rings (SSSR count). The van der Waals surface area contributed by atoms with Crippen LogP contribution in [0.25, 0.3) is 0 Å². The van der Waals surface area contributed by atoms with Crippen molar-refractivity contribution in [3.8, 4) is 0 Å². The van der Waals surface area contributed by atoms with Crippen molar-refractivity contribution in [1.29, 1.82) is 0 Å². The Kier molecular flexibility index (Phi) is 7.42. The van der Waals surface area contributed by atoms with Crippen LogP contribution in [0.3, 0.4) is 0 Å². The summed E-state index contributed by atoms with van der Waals surface area (Å²) in [4.78, 5) is 43.6. The molecule has 8 heteroatoms. The molecule has 31 heavy (non-hydrogen) atoms. The largest absolute Gasteiger partial charge is 0.466 e. The number of amides is 2. The second-order valence-electron chi connectivity index (χ2n) is 8.72. The van der Waals surface area contributed by atoms with Crippen LogP contribution in [0.4, 0.5) is 0 Å². The highest BCUT2D eigenvalue weighted by molar-refractivity contribution is 5.98. The van der Waals surface area contributed by atoms with Gasteiger partial charge in [0.05, 0.1) is 37.2 Å². The number of esters is 1. The number of likely N-dealkylation sites (tertiary alicyclic amines) is 1. The van der Waals surface area contributed by atoms with Gasteiger partial charge in [-0.15, -0.1) is 6.58 Å². The first-order valence-corrected chi connectivity index (χ1v) is 11.6. The Morgan fingerprint density at radius 2 is 2.16 bits per heavy atom. The molecule has 0 aliphatic carbocycles. The van der Waals surface area contributed by atoms with Crippen LogP contribution in [0.2, 0.25) is 0 Å². The number of fused-ring (bicyclic) bond motifs is 1. The van der Waals surface area contributed by atoms with Crippen LogP contribution in [0.15, 0.2) is 12.7 Å². The third kappa shape index (κ3) is 3.78. The normalized spacial score (nSPS) is 32.1. The lowest BCUT2D eigenvalue weighted by molar-refractivity contribution is -0.156. The predicted molar refractivity (Wildman–Crippen MR) is 114 cm³/mol. The summed E-state index contributed by atoms with van der Waals surface area (Å²) < 4.78 is 11.6. The summed E-state index contributed by atoms with van der Waals surface area (Å²) in [5.74, 6) is -2.38. The summed E-state index contributed by atoms with van der Waals surface area (Å²) in [6.07, 6.45) is 4.68. The maximum atomic E-state index is 13.9. The summed E-state index contributed by atoms with van der Waals surface area (Å²) >= 11 is 0. The van der Waals surface area contributed by atoms with E-state index < -0.39 is 41.6 Å². The van der Waals surface area contributed by atoms with E-state index in [-0.39, 0.29) is 25.0 Å².